The van der Waals surface area contributed by atoms with Gasteiger partial charge >= 0.3 is 0 Å². The molecule has 30 heavy (non-hydrogen) atoms. The molecule has 0 unspecified atom stereocenters. The number of hydrogen-bond donors (Lipinski definition) is 3. The maximum Gasteiger partial charge on any atom is 0.243 e. The Labute approximate surface area is 174 Å². The molecule has 0 atom stereocenters. The van der Waals surface area contributed by atoms with Crippen molar-refractivity contribution in [1.82, 2.24) is 15.4 Å². The van der Waals surface area contributed by atoms with Crippen LogP contribution in [0.25, 0.3) is 10.9 Å². The maximum atomic E-state index is 11.0. The molecule has 0 aliphatic rings. The maximum absolute atomic E-state index is 11.0. The molecule has 8 heteroatoms. The fourth-order valence-electron chi connectivity index (χ4n) is 2.89. The number of amides is 1. The molecule has 8 nitrogen and oxygen atoms in total. The third-order valence-electron chi connectivity index (χ3n) is 4.39. The van der Waals surface area contributed by atoms with Gasteiger partial charge in [-0.05, 0) is 37.1 Å². The Bertz CT molecular complexity index is 1080. The summed E-state index contributed by atoms with van der Waals surface area (Å²) in [6, 6.07) is 11.1. The van der Waals surface area contributed by atoms with Gasteiger partial charge in [0.05, 0.1) is 19.2 Å². The number of unbranched alkanes of at least 4 members (excludes halogenated alkanes) is 1. The lowest BCUT2D eigenvalue weighted by Crippen LogP contribution is -2.18. The highest BCUT2D eigenvalue weighted by Crippen LogP contribution is 2.34. The number of hydroxylamine groups is 1. The predicted octanol–water partition coefficient (Wildman–Crippen LogP) is 3.42. The Kier molecular flexibility index (Phi) is 7.03. The van der Waals surface area contributed by atoms with E-state index in [2.05, 4.69) is 21.2 Å². The molecule has 1 amide bonds. The number of anilines is 2. The van der Waals surface area contributed by atoms with E-state index in [1.165, 1.54) is 6.33 Å². The fraction of sp³-hybridized carbons (Fsp3) is 0.227. The van der Waals surface area contributed by atoms with E-state index >= 15 is 0 Å². The van der Waals surface area contributed by atoms with Gasteiger partial charge in [0.25, 0.3) is 0 Å². The molecule has 0 fully saturated rings. The van der Waals surface area contributed by atoms with E-state index in [-0.39, 0.29) is 6.42 Å². The van der Waals surface area contributed by atoms with Gasteiger partial charge < -0.3 is 14.8 Å². The smallest absolute Gasteiger partial charge is 0.243 e. The van der Waals surface area contributed by atoms with E-state index in [9.17, 15) is 4.79 Å². The molecule has 3 rings (SSSR count). The number of carbonyl (C=O) groups is 1. The topological polar surface area (TPSA) is 106 Å². The minimum Gasteiger partial charge on any atom is -0.493 e. The minimum absolute atomic E-state index is 0.234. The standard InChI is InChI=1S/C22H22N4O4/c1-3-15-7-6-8-16(11-15)25-22-17-12-19(29-2)20(13-18(17)23-14-24-22)30-10-5-4-9-21(27)26-28/h1,6-8,11-14,28H,4-5,9-10H2,2H3,(H,26,27)(H,23,24,25). The molecule has 3 aromatic rings. The Morgan fingerprint density at radius 2 is 2.07 bits per heavy atom. The minimum atomic E-state index is -0.414. The molecule has 1 heterocycles. The van der Waals surface area contributed by atoms with E-state index in [1.807, 2.05) is 30.3 Å². The Morgan fingerprint density at radius 1 is 1.20 bits per heavy atom. The van der Waals surface area contributed by atoms with Crippen molar-refractivity contribution in [3.8, 4) is 23.8 Å². The fourth-order valence-corrected chi connectivity index (χ4v) is 2.89. The Balaban J connectivity index is 1.78. The first kappa shape index (κ1) is 20.9. The van der Waals surface area contributed by atoms with E-state index in [1.54, 1.807) is 18.7 Å². The molecule has 0 radical (unpaired) electrons. The van der Waals surface area contributed by atoms with E-state index in [4.69, 9.17) is 21.1 Å². The lowest BCUT2D eigenvalue weighted by molar-refractivity contribution is -0.129. The second-order valence-electron chi connectivity index (χ2n) is 6.43. The van der Waals surface area contributed by atoms with Crippen molar-refractivity contribution < 1.29 is 19.5 Å². The molecule has 3 N–H and O–H groups in total. The molecule has 0 aliphatic carbocycles. The summed E-state index contributed by atoms with van der Waals surface area (Å²) in [7, 11) is 1.56. The van der Waals surface area contributed by atoms with Crippen molar-refractivity contribution in [2.24, 2.45) is 0 Å². The number of aromatic nitrogens is 2. The molecule has 154 valence electrons. The van der Waals surface area contributed by atoms with Crippen LogP contribution in [-0.4, -0.2) is 34.8 Å². The van der Waals surface area contributed by atoms with Crippen LogP contribution >= 0.6 is 0 Å². The summed E-state index contributed by atoms with van der Waals surface area (Å²) in [5, 5.41) is 12.5. The van der Waals surface area contributed by atoms with Gasteiger partial charge in [-0.2, -0.15) is 0 Å². The molecular formula is C22H22N4O4. The van der Waals surface area contributed by atoms with E-state index in [0.29, 0.717) is 42.3 Å². The van der Waals surface area contributed by atoms with Gasteiger partial charge in [-0.3, -0.25) is 10.0 Å². The largest absolute Gasteiger partial charge is 0.493 e. The summed E-state index contributed by atoms with van der Waals surface area (Å²) in [4.78, 5) is 19.7. The van der Waals surface area contributed by atoms with E-state index < -0.39 is 5.91 Å². The third kappa shape index (κ3) is 5.16. The molecule has 1 aromatic heterocycles. The van der Waals surface area contributed by atoms with Crippen LogP contribution in [0.2, 0.25) is 0 Å². The summed E-state index contributed by atoms with van der Waals surface area (Å²) in [5.41, 5.74) is 3.89. The summed E-state index contributed by atoms with van der Waals surface area (Å²) in [6.07, 6.45) is 8.42. The monoisotopic (exact) mass is 406 g/mol. The third-order valence-corrected chi connectivity index (χ3v) is 4.39. The van der Waals surface area contributed by atoms with Crippen molar-refractivity contribution in [1.29, 1.82) is 0 Å². The summed E-state index contributed by atoms with van der Waals surface area (Å²) >= 11 is 0. The Morgan fingerprint density at radius 3 is 2.83 bits per heavy atom. The second-order valence-corrected chi connectivity index (χ2v) is 6.43. The number of methoxy groups -OCH3 is 1. The van der Waals surface area contributed by atoms with E-state index in [0.717, 1.165) is 16.6 Å². The van der Waals surface area contributed by atoms with Crippen molar-refractivity contribution in [2.75, 3.05) is 19.0 Å². The first-order chi connectivity index (χ1) is 14.6. The number of carbonyl (C=O) groups excluding carboxylic acids is 1. The number of benzene rings is 2. The molecular weight excluding hydrogens is 384 g/mol. The van der Waals surface area contributed by atoms with Crippen LogP contribution in [0.4, 0.5) is 11.5 Å². The second kappa shape index (κ2) is 10.1. The Hall–Kier alpha value is -3.83. The number of terminal acetylenes is 1. The zero-order chi connectivity index (χ0) is 21.3. The summed E-state index contributed by atoms with van der Waals surface area (Å²) in [5.74, 6) is 3.91. The molecule has 0 spiro atoms. The van der Waals surface area contributed by atoms with Gasteiger partial charge in [0, 0.05) is 29.1 Å². The van der Waals surface area contributed by atoms with Crippen LogP contribution in [0.15, 0.2) is 42.7 Å². The van der Waals surface area contributed by atoms with Crippen molar-refractivity contribution in [3.05, 3.63) is 48.3 Å². The first-order valence-electron chi connectivity index (χ1n) is 9.36. The number of rotatable bonds is 9. The van der Waals surface area contributed by atoms with Crippen LogP contribution in [0.1, 0.15) is 24.8 Å². The molecule has 0 saturated heterocycles. The lowest BCUT2D eigenvalue weighted by Gasteiger charge is -2.14. The highest BCUT2D eigenvalue weighted by atomic mass is 16.5. The zero-order valence-corrected chi connectivity index (χ0v) is 16.5. The van der Waals surface area contributed by atoms with Crippen LogP contribution in [0.3, 0.4) is 0 Å². The molecule has 0 bridgehead atoms. The van der Waals surface area contributed by atoms with Gasteiger partial charge in [0.2, 0.25) is 5.91 Å². The number of fused-ring (bicyclic) bond motifs is 1. The van der Waals surface area contributed by atoms with Crippen molar-refractivity contribution >= 4 is 28.3 Å². The quantitative estimate of drug-likeness (QED) is 0.216. The number of nitrogens with one attached hydrogen (secondary N) is 2. The highest BCUT2D eigenvalue weighted by Gasteiger charge is 2.12. The van der Waals surface area contributed by atoms with Gasteiger partial charge in [0.15, 0.2) is 11.5 Å². The van der Waals surface area contributed by atoms with Crippen LogP contribution in [0.5, 0.6) is 11.5 Å². The summed E-state index contributed by atoms with van der Waals surface area (Å²) < 4.78 is 11.3. The number of nitrogens with zero attached hydrogens (tertiary/aromatic N) is 2. The van der Waals surface area contributed by atoms with Crippen molar-refractivity contribution in [3.63, 3.8) is 0 Å². The predicted molar refractivity (Wildman–Crippen MR) is 113 cm³/mol. The SMILES string of the molecule is C#Cc1cccc(Nc2ncnc3cc(OCCCCC(=O)NO)c(OC)cc23)c1. The van der Waals surface area contributed by atoms with Gasteiger partial charge in [0.1, 0.15) is 12.1 Å². The van der Waals surface area contributed by atoms with Crippen LogP contribution < -0.4 is 20.3 Å². The summed E-state index contributed by atoms with van der Waals surface area (Å²) in [6.45, 7) is 0.398. The zero-order valence-electron chi connectivity index (χ0n) is 16.5. The number of hydrogen-bond acceptors (Lipinski definition) is 7. The van der Waals surface area contributed by atoms with Crippen LogP contribution in [0, 0.1) is 12.3 Å². The highest BCUT2D eigenvalue weighted by molar-refractivity contribution is 5.93. The van der Waals surface area contributed by atoms with Gasteiger partial charge in [-0.25, -0.2) is 15.4 Å². The average Bonchev–Trinajstić information content (AvgIpc) is 2.78. The molecule has 2 aromatic carbocycles. The molecule has 0 saturated carbocycles. The van der Waals surface area contributed by atoms with Crippen LogP contribution in [-0.2, 0) is 4.79 Å². The first-order valence-corrected chi connectivity index (χ1v) is 9.36. The van der Waals surface area contributed by atoms with Crippen molar-refractivity contribution in [2.45, 2.75) is 19.3 Å². The van der Waals surface area contributed by atoms with Gasteiger partial charge in [-0.1, -0.05) is 12.0 Å². The number of ether oxygens (including phenoxy) is 2. The van der Waals surface area contributed by atoms with Gasteiger partial charge in [-0.15, -0.1) is 6.42 Å². The lowest BCUT2D eigenvalue weighted by atomic mass is 10.2. The average molecular weight is 406 g/mol. The normalized spacial score (nSPS) is 10.3. The molecule has 0 aliphatic heterocycles.